The fourth-order valence-electron chi connectivity index (χ4n) is 2.76. The third-order valence-corrected chi connectivity index (χ3v) is 4.01. The zero-order valence-corrected chi connectivity index (χ0v) is 13.1. The van der Waals surface area contributed by atoms with Crippen molar-refractivity contribution in [3.05, 3.63) is 33.6 Å². The summed E-state index contributed by atoms with van der Waals surface area (Å²) in [6.45, 7) is 1.27. The van der Waals surface area contributed by atoms with Gasteiger partial charge in [0.15, 0.2) is 12.5 Å². The number of pyridine rings is 1. The normalized spacial score (nSPS) is 20.6. The van der Waals surface area contributed by atoms with Gasteiger partial charge in [0.1, 0.15) is 5.69 Å². The number of nitrogens with zero attached hydrogens (tertiary/aromatic N) is 5. The summed E-state index contributed by atoms with van der Waals surface area (Å²) in [5.41, 5.74) is 0.248. The first-order chi connectivity index (χ1) is 11.7. The highest BCUT2D eigenvalue weighted by atomic mass is 19.4. The van der Waals surface area contributed by atoms with E-state index in [1.807, 2.05) is 0 Å². The summed E-state index contributed by atoms with van der Waals surface area (Å²) in [6.07, 6.45) is -4.28. The van der Waals surface area contributed by atoms with Gasteiger partial charge in [-0.15, -0.1) is 0 Å². The molecular weight excluding hydrogens is 343 g/mol. The molecule has 2 aliphatic rings. The third-order valence-electron chi connectivity index (χ3n) is 4.01. The number of carbonyl (C=O) groups is 1. The predicted octanol–water partition coefficient (Wildman–Crippen LogP) is 1.98. The van der Waals surface area contributed by atoms with Crippen LogP contribution in [0, 0.1) is 17.0 Å². The highest BCUT2D eigenvalue weighted by Gasteiger charge is 2.52. The van der Waals surface area contributed by atoms with Gasteiger partial charge < -0.3 is 4.90 Å². The number of aldehydes is 1. The zero-order valence-electron chi connectivity index (χ0n) is 13.1. The van der Waals surface area contributed by atoms with Gasteiger partial charge in [0, 0.05) is 12.1 Å². The molecule has 1 aliphatic heterocycles. The molecule has 0 spiro atoms. The van der Waals surface area contributed by atoms with Crippen LogP contribution in [0.5, 0.6) is 0 Å². The first-order valence-electron chi connectivity index (χ1n) is 7.49. The lowest BCUT2D eigenvalue weighted by Crippen LogP contribution is -2.48. The Labute approximate surface area is 140 Å². The van der Waals surface area contributed by atoms with Crippen LogP contribution in [0.2, 0.25) is 0 Å². The van der Waals surface area contributed by atoms with Crippen LogP contribution in [0.4, 0.5) is 18.9 Å². The molecule has 0 saturated heterocycles. The maximum absolute atomic E-state index is 13.2. The van der Waals surface area contributed by atoms with Gasteiger partial charge in [-0.25, -0.2) is 4.98 Å². The van der Waals surface area contributed by atoms with Crippen LogP contribution in [0.1, 0.15) is 24.2 Å². The van der Waals surface area contributed by atoms with Gasteiger partial charge in [-0.2, -0.15) is 18.3 Å². The Kier molecular flexibility index (Phi) is 4.09. The number of rotatable bonds is 5. The lowest BCUT2D eigenvalue weighted by atomic mass is 10.2. The molecular formula is C14H14F3N5O3. The Morgan fingerprint density at radius 2 is 2.08 bits per heavy atom. The van der Waals surface area contributed by atoms with Crippen LogP contribution < -0.4 is 0 Å². The second-order valence-electron chi connectivity index (χ2n) is 5.87. The fourth-order valence-corrected chi connectivity index (χ4v) is 2.76. The topological polar surface area (TPSA) is 91.9 Å². The molecule has 0 radical (unpaired) electrons. The van der Waals surface area contributed by atoms with Crippen molar-refractivity contribution in [3.8, 4) is 0 Å². The number of alkyl halides is 3. The van der Waals surface area contributed by atoms with Crippen LogP contribution in [0.25, 0.3) is 0 Å². The van der Waals surface area contributed by atoms with Crippen molar-refractivity contribution in [1.29, 1.82) is 0 Å². The van der Waals surface area contributed by atoms with Crippen molar-refractivity contribution < 1.29 is 22.9 Å². The number of aromatic nitrogens is 1. The van der Waals surface area contributed by atoms with Crippen molar-refractivity contribution in [3.63, 3.8) is 0 Å². The molecule has 134 valence electrons. The van der Waals surface area contributed by atoms with Crippen molar-refractivity contribution >= 4 is 17.8 Å². The van der Waals surface area contributed by atoms with E-state index < -0.39 is 23.1 Å². The number of amidine groups is 1. The van der Waals surface area contributed by atoms with Gasteiger partial charge >= 0.3 is 6.18 Å². The number of halogens is 3. The lowest BCUT2D eigenvalue weighted by Gasteiger charge is -2.28. The molecule has 1 aliphatic carbocycles. The molecule has 3 rings (SSSR count). The van der Waals surface area contributed by atoms with E-state index in [2.05, 4.69) is 10.1 Å². The number of hydrogen-bond acceptors (Lipinski definition) is 7. The lowest BCUT2D eigenvalue weighted by molar-refractivity contribution is -0.385. The summed E-state index contributed by atoms with van der Waals surface area (Å²) in [4.78, 5) is 26.6. The quantitative estimate of drug-likeness (QED) is 0.455. The van der Waals surface area contributed by atoms with E-state index in [-0.39, 0.29) is 29.7 Å². The highest BCUT2D eigenvalue weighted by molar-refractivity contribution is 5.91. The first kappa shape index (κ1) is 17.1. The number of nitro groups is 1. The molecule has 1 fully saturated rings. The molecule has 0 aromatic carbocycles. The fraction of sp³-hybridized carbons (Fsp3) is 0.500. The van der Waals surface area contributed by atoms with Crippen molar-refractivity contribution in [2.45, 2.75) is 44.7 Å². The van der Waals surface area contributed by atoms with Gasteiger partial charge in [0.05, 0.1) is 17.2 Å². The van der Waals surface area contributed by atoms with Crippen LogP contribution in [-0.2, 0) is 11.3 Å². The van der Waals surface area contributed by atoms with E-state index in [0.717, 1.165) is 9.91 Å². The highest BCUT2D eigenvalue weighted by Crippen LogP contribution is 2.37. The largest absolute Gasteiger partial charge is 0.451 e. The Morgan fingerprint density at radius 1 is 1.40 bits per heavy atom. The number of hydrazone groups is 1. The molecule has 8 nitrogen and oxygen atoms in total. The number of aryl methyl sites for hydroxylation is 1. The van der Waals surface area contributed by atoms with Crippen molar-refractivity contribution in [2.75, 3.05) is 0 Å². The Bertz CT molecular complexity index is 748. The van der Waals surface area contributed by atoms with E-state index in [0.29, 0.717) is 19.1 Å². The first-order valence-corrected chi connectivity index (χ1v) is 7.49. The van der Waals surface area contributed by atoms with Gasteiger partial charge in [-0.3, -0.25) is 19.9 Å². The smallest absolute Gasteiger partial charge is 0.320 e. The molecule has 0 N–H and O–H groups in total. The van der Waals surface area contributed by atoms with E-state index >= 15 is 0 Å². The molecule has 11 heteroatoms. The van der Waals surface area contributed by atoms with E-state index in [4.69, 9.17) is 0 Å². The SMILES string of the molecule is Cc1nc(CN2N=C(C(F)(F)F)N(C3CC3)C2C=O)ccc1[N+](=O)[O-]. The summed E-state index contributed by atoms with van der Waals surface area (Å²) in [7, 11) is 0. The Morgan fingerprint density at radius 3 is 2.56 bits per heavy atom. The van der Waals surface area contributed by atoms with Crippen molar-refractivity contribution in [1.82, 2.24) is 14.9 Å². The second-order valence-corrected chi connectivity index (χ2v) is 5.87. The van der Waals surface area contributed by atoms with E-state index in [9.17, 15) is 28.1 Å². The summed E-state index contributed by atoms with van der Waals surface area (Å²) in [5.74, 6) is -1.09. The van der Waals surface area contributed by atoms with Gasteiger partial charge in [0.2, 0.25) is 5.84 Å². The predicted molar refractivity (Wildman–Crippen MR) is 79.4 cm³/mol. The number of hydrogen-bond donors (Lipinski definition) is 0. The van der Waals surface area contributed by atoms with Crippen LogP contribution >= 0.6 is 0 Å². The maximum Gasteiger partial charge on any atom is 0.451 e. The zero-order chi connectivity index (χ0) is 18.4. The van der Waals surface area contributed by atoms with Crippen LogP contribution in [0.3, 0.4) is 0 Å². The molecule has 0 amide bonds. The molecule has 1 saturated carbocycles. The standard InChI is InChI=1S/C14H14F3N5O3/c1-8-11(22(24)25)5-2-9(18-8)6-20-12(7-23)21(10-3-4-10)13(19-20)14(15,16)17/h2,5,7,10,12H,3-4,6H2,1H3. The van der Waals surface area contributed by atoms with Crippen LogP contribution in [0.15, 0.2) is 17.2 Å². The monoisotopic (exact) mass is 357 g/mol. The van der Waals surface area contributed by atoms with Gasteiger partial charge in [-0.05, 0) is 25.8 Å². The van der Waals surface area contributed by atoms with Crippen molar-refractivity contribution in [2.24, 2.45) is 5.10 Å². The van der Waals surface area contributed by atoms with Crippen LogP contribution in [-0.4, -0.2) is 50.3 Å². The Balaban J connectivity index is 1.88. The minimum atomic E-state index is -4.67. The summed E-state index contributed by atoms with van der Waals surface area (Å²) >= 11 is 0. The summed E-state index contributed by atoms with van der Waals surface area (Å²) < 4.78 is 39.7. The summed E-state index contributed by atoms with van der Waals surface area (Å²) in [5, 5.41) is 15.4. The minimum Gasteiger partial charge on any atom is -0.320 e. The maximum atomic E-state index is 13.2. The minimum absolute atomic E-state index is 0.142. The number of carbonyl (C=O) groups excluding carboxylic acids is 1. The molecule has 2 heterocycles. The molecule has 1 aromatic rings. The van der Waals surface area contributed by atoms with E-state index in [1.165, 1.54) is 19.1 Å². The molecule has 1 unspecified atom stereocenters. The summed E-state index contributed by atoms with van der Waals surface area (Å²) in [6, 6.07) is 2.22. The van der Waals surface area contributed by atoms with E-state index in [1.54, 1.807) is 0 Å². The molecule has 0 bridgehead atoms. The van der Waals surface area contributed by atoms with Gasteiger partial charge in [0.25, 0.3) is 5.69 Å². The second kappa shape index (κ2) is 5.97. The average Bonchev–Trinajstić information content (AvgIpc) is 3.27. The molecule has 1 aromatic heterocycles. The molecule has 1 atom stereocenters. The molecule has 25 heavy (non-hydrogen) atoms. The van der Waals surface area contributed by atoms with Gasteiger partial charge in [-0.1, -0.05) is 0 Å². The Hall–Kier alpha value is -2.72. The average molecular weight is 357 g/mol. The third kappa shape index (κ3) is 3.26.